The molecule has 0 atom stereocenters. The van der Waals surface area contributed by atoms with Crippen LogP contribution in [0, 0.1) is 5.92 Å². The molecule has 0 aliphatic carbocycles. The van der Waals surface area contributed by atoms with E-state index in [0.29, 0.717) is 11.7 Å². The van der Waals surface area contributed by atoms with Gasteiger partial charge in [-0.1, -0.05) is 136 Å². The van der Waals surface area contributed by atoms with Crippen molar-refractivity contribution in [3.63, 3.8) is 0 Å². The number of rotatable bonds is 22. The smallest absolute Gasteiger partial charge is 0.133 e. The minimum absolute atomic E-state index is 0.525. The molecule has 0 radical (unpaired) electrons. The summed E-state index contributed by atoms with van der Waals surface area (Å²) in [6, 6.07) is 0. The van der Waals surface area contributed by atoms with E-state index in [1.165, 1.54) is 116 Å². The number of carbonyl (C=O) groups excluding carboxylic acids is 1. The molecule has 0 amide bonds. The molecule has 0 aromatic rings. The molecule has 0 aromatic carbocycles. The molecule has 0 aliphatic heterocycles. The number of carbonyl (C=O) groups is 1. The first-order valence-corrected chi connectivity index (χ1v) is 12.8. The lowest BCUT2D eigenvalue weighted by molar-refractivity contribution is -0.120. The molecule has 1 heteroatoms. The Kier molecular flexibility index (Phi) is 21.7. The van der Waals surface area contributed by atoms with E-state index in [1.807, 2.05) is 0 Å². The molecule has 27 heavy (non-hydrogen) atoms. The predicted octanol–water partition coefficient (Wildman–Crippen LogP) is 9.42. The molecule has 0 N–H and O–H groups in total. The lowest BCUT2D eigenvalue weighted by atomic mass is 9.91. The molecule has 1 nitrogen and oxygen atoms in total. The second-order valence-corrected chi connectivity index (χ2v) is 8.89. The van der Waals surface area contributed by atoms with Crippen molar-refractivity contribution in [1.29, 1.82) is 0 Å². The largest absolute Gasteiger partial charge is 0.300 e. The number of hydrogen-bond donors (Lipinski definition) is 0. The zero-order chi connectivity index (χ0) is 20.0. The van der Waals surface area contributed by atoms with Crippen molar-refractivity contribution in [3.05, 3.63) is 0 Å². The van der Waals surface area contributed by atoms with Crippen LogP contribution in [0.5, 0.6) is 0 Å². The number of Topliss-reactive ketones (excluding diaryl/α,β-unsaturated/α-hetero) is 1. The Balaban J connectivity index is 3.29. The third-order valence-electron chi connectivity index (χ3n) is 5.97. The van der Waals surface area contributed by atoms with E-state index in [2.05, 4.69) is 20.8 Å². The Labute approximate surface area is 172 Å². The average molecular weight is 381 g/mol. The molecule has 0 heterocycles. The molecule has 0 fully saturated rings. The first kappa shape index (κ1) is 26.7. The molecule has 0 spiro atoms. The highest BCUT2D eigenvalue weighted by atomic mass is 16.1. The Morgan fingerprint density at radius 1 is 0.519 bits per heavy atom. The van der Waals surface area contributed by atoms with Crippen LogP contribution in [0.3, 0.4) is 0 Å². The maximum atomic E-state index is 12.1. The minimum Gasteiger partial charge on any atom is -0.300 e. The van der Waals surface area contributed by atoms with Gasteiger partial charge >= 0.3 is 0 Å². The topological polar surface area (TPSA) is 17.1 Å². The highest BCUT2D eigenvalue weighted by molar-refractivity contribution is 5.78. The van der Waals surface area contributed by atoms with Gasteiger partial charge in [0.05, 0.1) is 0 Å². The average Bonchev–Trinajstić information content (AvgIpc) is 2.65. The normalized spacial score (nSPS) is 11.4. The molecule has 162 valence electrons. The summed E-state index contributed by atoms with van der Waals surface area (Å²) >= 11 is 0. The molecular formula is C26H52O. The Morgan fingerprint density at radius 2 is 0.889 bits per heavy atom. The molecule has 0 aliphatic rings. The highest BCUT2D eigenvalue weighted by Gasteiger charge is 2.12. The van der Waals surface area contributed by atoms with Crippen LogP contribution in [0.4, 0.5) is 0 Å². The summed E-state index contributed by atoms with van der Waals surface area (Å²) in [6.45, 7) is 6.76. The third kappa shape index (κ3) is 20.2. The second-order valence-electron chi connectivity index (χ2n) is 8.89. The van der Waals surface area contributed by atoms with Gasteiger partial charge in [-0.3, -0.25) is 4.79 Å². The van der Waals surface area contributed by atoms with Gasteiger partial charge in [0.25, 0.3) is 0 Å². The second kappa shape index (κ2) is 22.0. The predicted molar refractivity (Wildman–Crippen MR) is 122 cm³/mol. The van der Waals surface area contributed by atoms with Gasteiger partial charge in [-0.05, 0) is 12.3 Å². The molecule has 0 saturated heterocycles. The van der Waals surface area contributed by atoms with Crippen LogP contribution < -0.4 is 0 Å². The number of unbranched alkanes of at least 4 members (excludes halogenated alkanes) is 14. The number of hydrogen-bond acceptors (Lipinski definition) is 1. The van der Waals surface area contributed by atoms with Crippen LogP contribution in [0.2, 0.25) is 0 Å². The Morgan fingerprint density at radius 3 is 1.26 bits per heavy atom. The van der Waals surface area contributed by atoms with E-state index in [4.69, 9.17) is 0 Å². The van der Waals surface area contributed by atoms with Crippen molar-refractivity contribution < 1.29 is 4.79 Å². The van der Waals surface area contributed by atoms with E-state index in [9.17, 15) is 4.79 Å². The van der Waals surface area contributed by atoms with E-state index < -0.39 is 0 Å². The van der Waals surface area contributed by atoms with Gasteiger partial charge < -0.3 is 0 Å². The van der Waals surface area contributed by atoms with Crippen LogP contribution in [0.1, 0.15) is 156 Å². The summed E-state index contributed by atoms with van der Waals surface area (Å²) in [5, 5.41) is 0. The van der Waals surface area contributed by atoms with Crippen molar-refractivity contribution in [2.24, 2.45) is 5.92 Å². The fourth-order valence-electron chi connectivity index (χ4n) is 4.28. The SMILES string of the molecule is CCCCCCCCCCCCCCCCCC(=O)CC(CCC)CCC. The van der Waals surface area contributed by atoms with E-state index in [0.717, 1.165) is 19.3 Å². The first-order chi connectivity index (χ1) is 13.2. The van der Waals surface area contributed by atoms with Crippen LogP contribution in [-0.4, -0.2) is 5.78 Å². The molecular weight excluding hydrogens is 328 g/mol. The third-order valence-corrected chi connectivity index (χ3v) is 5.97. The van der Waals surface area contributed by atoms with E-state index in [1.54, 1.807) is 0 Å². The lowest BCUT2D eigenvalue weighted by Gasteiger charge is -2.14. The molecule has 0 saturated carbocycles. The summed E-state index contributed by atoms with van der Waals surface area (Å²) in [6.07, 6.45) is 27.4. The molecule has 0 unspecified atom stereocenters. The van der Waals surface area contributed by atoms with Crippen LogP contribution in [-0.2, 0) is 4.79 Å². The van der Waals surface area contributed by atoms with Crippen molar-refractivity contribution in [2.45, 2.75) is 156 Å². The highest BCUT2D eigenvalue weighted by Crippen LogP contribution is 2.20. The van der Waals surface area contributed by atoms with Crippen molar-refractivity contribution >= 4 is 5.78 Å². The quantitative estimate of drug-likeness (QED) is 0.171. The van der Waals surface area contributed by atoms with Crippen molar-refractivity contribution in [1.82, 2.24) is 0 Å². The minimum atomic E-state index is 0.525. The van der Waals surface area contributed by atoms with Crippen LogP contribution in [0.25, 0.3) is 0 Å². The fraction of sp³-hybridized carbons (Fsp3) is 0.962. The van der Waals surface area contributed by atoms with Crippen LogP contribution >= 0.6 is 0 Å². The van der Waals surface area contributed by atoms with Gasteiger partial charge in [-0.15, -0.1) is 0 Å². The van der Waals surface area contributed by atoms with Gasteiger partial charge in [0.1, 0.15) is 5.78 Å². The van der Waals surface area contributed by atoms with Crippen molar-refractivity contribution in [3.8, 4) is 0 Å². The van der Waals surface area contributed by atoms with Crippen molar-refractivity contribution in [2.75, 3.05) is 0 Å². The van der Waals surface area contributed by atoms with E-state index in [-0.39, 0.29) is 0 Å². The maximum Gasteiger partial charge on any atom is 0.133 e. The molecule has 0 bridgehead atoms. The van der Waals surface area contributed by atoms with Gasteiger partial charge in [0.15, 0.2) is 0 Å². The summed E-state index contributed by atoms with van der Waals surface area (Å²) in [5.41, 5.74) is 0. The van der Waals surface area contributed by atoms with E-state index >= 15 is 0 Å². The first-order valence-electron chi connectivity index (χ1n) is 12.8. The fourth-order valence-corrected chi connectivity index (χ4v) is 4.28. The standard InChI is InChI=1S/C26H52O/c1-4-7-8-9-10-11-12-13-14-15-16-17-18-19-20-23-26(27)24-25(21-5-2)22-6-3/h25H,4-24H2,1-3H3. The summed E-state index contributed by atoms with van der Waals surface area (Å²) in [5.74, 6) is 1.18. The maximum absolute atomic E-state index is 12.1. The van der Waals surface area contributed by atoms with Gasteiger partial charge in [0.2, 0.25) is 0 Å². The van der Waals surface area contributed by atoms with Gasteiger partial charge in [-0.25, -0.2) is 0 Å². The monoisotopic (exact) mass is 380 g/mol. The Bertz CT molecular complexity index is 291. The lowest BCUT2D eigenvalue weighted by Crippen LogP contribution is -2.08. The zero-order valence-corrected chi connectivity index (χ0v) is 19.3. The number of ketones is 1. The van der Waals surface area contributed by atoms with Crippen LogP contribution in [0.15, 0.2) is 0 Å². The Hall–Kier alpha value is -0.330. The summed E-state index contributed by atoms with van der Waals surface area (Å²) < 4.78 is 0. The molecule has 0 rings (SSSR count). The summed E-state index contributed by atoms with van der Waals surface area (Å²) in [4.78, 5) is 12.1. The summed E-state index contributed by atoms with van der Waals surface area (Å²) in [7, 11) is 0. The van der Waals surface area contributed by atoms with Gasteiger partial charge in [-0.2, -0.15) is 0 Å². The zero-order valence-electron chi connectivity index (χ0n) is 19.3. The molecule has 0 aromatic heterocycles. The van der Waals surface area contributed by atoms with Gasteiger partial charge in [0, 0.05) is 12.8 Å².